The number of hydrogen-bond donors (Lipinski definition) is 0. The molecule has 3 nitrogen and oxygen atoms in total. The highest BCUT2D eigenvalue weighted by Gasteiger charge is 2.38. The van der Waals surface area contributed by atoms with Gasteiger partial charge in [-0.05, 0) is 24.3 Å². The van der Waals surface area contributed by atoms with Crippen LogP contribution in [0.1, 0.15) is 0 Å². The van der Waals surface area contributed by atoms with Gasteiger partial charge in [-0.15, -0.1) is 0 Å². The Balaban J connectivity index is 2.42. The number of benzene rings is 2. The van der Waals surface area contributed by atoms with Crippen molar-refractivity contribution in [2.75, 3.05) is 0 Å². The van der Waals surface area contributed by atoms with E-state index < -0.39 is 21.0 Å². The Morgan fingerprint density at radius 3 is 1.71 bits per heavy atom. The van der Waals surface area contributed by atoms with Crippen LogP contribution in [-0.2, 0) is 21.0 Å². The second-order valence-electron chi connectivity index (χ2n) is 3.67. The van der Waals surface area contributed by atoms with Crippen molar-refractivity contribution < 1.29 is 13.0 Å². The maximum absolute atomic E-state index is 12.3. The summed E-state index contributed by atoms with van der Waals surface area (Å²) >= 11 is -1.42. The predicted octanol–water partition coefficient (Wildman–Crippen LogP) is 2.00. The molecule has 0 saturated heterocycles. The van der Waals surface area contributed by atoms with E-state index in [2.05, 4.69) is 0 Å². The molecule has 0 amide bonds. The van der Waals surface area contributed by atoms with Crippen molar-refractivity contribution >= 4 is 21.0 Å². The molecule has 3 rings (SSSR count). The molecule has 0 atom stereocenters. The predicted molar refractivity (Wildman–Crippen MR) is 63.0 cm³/mol. The number of sulfone groups is 1. The summed E-state index contributed by atoms with van der Waals surface area (Å²) in [6, 6.07) is 12.9. The molecule has 1 heterocycles. The van der Waals surface area contributed by atoms with Gasteiger partial charge in [-0.1, -0.05) is 24.3 Å². The molecule has 0 aliphatic carbocycles. The minimum Gasteiger partial charge on any atom is -0.606 e. The smallest absolute Gasteiger partial charge is 0.216 e. The maximum Gasteiger partial charge on any atom is 0.216 e. The van der Waals surface area contributed by atoms with E-state index in [0.717, 1.165) is 0 Å². The Labute approximate surface area is 102 Å². The zero-order chi connectivity index (χ0) is 12.0. The molecular weight excluding hydrogens is 256 g/mol. The molecule has 2 aromatic rings. The van der Waals surface area contributed by atoms with Gasteiger partial charge in [-0.2, -0.15) is 0 Å². The van der Waals surface area contributed by atoms with Crippen LogP contribution < -0.4 is 0 Å². The zero-order valence-corrected chi connectivity index (χ0v) is 10.3. The first kappa shape index (κ1) is 10.8. The summed E-state index contributed by atoms with van der Waals surface area (Å²) in [7, 11) is -3.53. The van der Waals surface area contributed by atoms with Crippen molar-refractivity contribution in [2.45, 2.75) is 19.6 Å². The van der Waals surface area contributed by atoms with Gasteiger partial charge in [-0.25, -0.2) is 8.42 Å². The molecule has 0 aromatic heterocycles. The third kappa shape index (κ3) is 1.43. The molecule has 2 aromatic carbocycles. The number of fused-ring (bicyclic) bond motifs is 2. The van der Waals surface area contributed by atoms with Crippen molar-refractivity contribution in [2.24, 2.45) is 0 Å². The summed E-state index contributed by atoms with van der Waals surface area (Å²) < 4.78 is 36.9. The largest absolute Gasteiger partial charge is 0.606 e. The average molecular weight is 264 g/mol. The summed E-state index contributed by atoms with van der Waals surface area (Å²) in [5, 5.41) is 0. The summed E-state index contributed by atoms with van der Waals surface area (Å²) in [5.41, 5.74) is 0. The third-order valence-electron chi connectivity index (χ3n) is 2.68. The lowest BCUT2D eigenvalue weighted by atomic mass is 10.3. The van der Waals surface area contributed by atoms with Crippen LogP contribution in [0.25, 0.3) is 0 Å². The second-order valence-corrected chi connectivity index (χ2v) is 6.97. The van der Waals surface area contributed by atoms with Gasteiger partial charge in [0, 0.05) is 11.2 Å². The first-order valence-electron chi connectivity index (χ1n) is 4.97. The van der Waals surface area contributed by atoms with Gasteiger partial charge < -0.3 is 4.55 Å². The van der Waals surface area contributed by atoms with E-state index in [0.29, 0.717) is 9.79 Å². The first-order chi connectivity index (χ1) is 8.12. The lowest BCUT2D eigenvalue weighted by Gasteiger charge is -2.20. The van der Waals surface area contributed by atoms with Crippen molar-refractivity contribution in [3.05, 3.63) is 48.5 Å². The summed E-state index contributed by atoms with van der Waals surface area (Å²) in [6.07, 6.45) is 0. The topological polar surface area (TPSA) is 57.2 Å². The molecule has 0 saturated carbocycles. The van der Waals surface area contributed by atoms with Gasteiger partial charge in [0.05, 0.1) is 0 Å². The molecule has 86 valence electrons. The SMILES string of the molecule is O=S1(=O)c2ccccc2[S+]([O-])c2ccccc21. The van der Waals surface area contributed by atoms with Crippen LogP contribution in [0.15, 0.2) is 68.1 Å². The van der Waals surface area contributed by atoms with Gasteiger partial charge >= 0.3 is 0 Å². The highest BCUT2D eigenvalue weighted by atomic mass is 32.2. The molecule has 1 aliphatic rings. The van der Waals surface area contributed by atoms with E-state index in [1.807, 2.05) is 0 Å². The Morgan fingerprint density at radius 1 is 0.824 bits per heavy atom. The summed E-state index contributed by atoms with van der Waals surface area (Å²) in [4.78, 5) is 1.03. The Bertz CT molecular complexity index is 639. The Morgan fingerprint density at radius 2 is 1.24 bits per heavy atom. The second kappa shape index (κ2) is 3.60. The van der Waals surface area contributed by atoms with E-state index in [9.17, 15) is 13.0 Å². The summed E-state index contributed by atoms with van der Waals surface area (Å²) in [5.74, 6) is 0. The van der Waals surface area contributed by atoms with Gasteiger partial charge in [0.2, 0.25) is 9.84 Å². The molecule has 0 bridgehead atoms. The highest BCUT2D eigenvalue weighted by Crippen LogP contribution is 2.39. The van der Waals surface area contributed by atoms with Gasteiger partial charge in [0.15, 0.2) is 9.79 Å². The molecule has 0 fully saturated rings. The van der Waals surface area contributed by atoms with Crippen LogP contribution >= 0.6 is 0 Å². The first-order valence-corrected chi connectivity index (χ1v) is 7.60. The number of rotatable bonds is 0. The number of hydrogen-bond acceptors (Lipinski definition) is 3. The Hall–Kier alpha value is -1.30. The fourth-order valence-corrected chi connectivity index (χ4v) is 5.56. The maximum atomic E-state index is 12.3. The lowest BCUT2D eigenvalue weighted by Crippen LogP contribution is -2.19. The normalized spacial score (nSPS) is 17.2. The van der Waals surface area contributed by atoms with Gasteiger partial charge in [-0.3, -0.25) is 0 Å². The fourth-order valence-electron chi connectivity index (χ4n) is 1.89. The lowest BCUT2D eigenvalue weighted by molar-refractivity contribution is 0.570. The van der Waals surface area contributed by atoms with Crippen LogP contribution in [0.3, 0.4) is 0 Å². The highest BCUT2D eigenvalue weighted by molar-refractivity contribution is 7.97. The van der Waals surface area contributed by atoms with Gasteiger partial charge in [0.1, 0.15) is 9.79 Å². The van der Waals surface area contributed by atoms with Crippen LogP contribution in [-0.4, -0.2) is 13.0 Å². The van der Waals surface area contributed by atoms with Crippen LogP contribution in [0.4, 0.5) is 0 Å². The molecule has 5 heteroatoms. The molecular formula is C12H8O3S2. The molecule has 17 heavy (non-hydrogen) atoms. The molecule has 0 radical (unpaired) electrons. The summed E-state index contributed by atoms with van der Waals surface area (Å²) in [6.45, 7) is 0. The minimum atomic E-state index is -3.53. The van der Waals surface area contributed by atoms with Crippen molar-refractivity contribution in [1.29, 1.82) is 0 Å². The van der Waals surface area contributed by atoms with Crippen molar-refractivity contribution in [3.8, 4) is 0 Å². The van der Waals surface area contributed by atoms with E-state index >= 15 is 0 Å². The quantitative estimate of drug-likeness (QED) is 0.684. The van der Waals surface area contributed by atoms with E-state index in [1.165, 1.54) is 12.1 Å². The fraction of sp³-hybridized carbons (Fsp3) is 0. The van der Waals surface area contributed by atoms with Gasteiger partial charge in [0.25, 0.3) is 0 Å². The van der Waals surface area contributed by atoms with Crippen LogP contribution in [0.5, 0.6) is 0 Å². The van der Waals surface area contributed by atoms with E-state index in [-0.39, 0.29) is 9.79 Å². The third-order valence-corrected chi connectivity index (χ3v) is 6.32. The molecule has 0 spiro atoms. The Kier molecular flexibility index (Phi) is 2.29. The molecule has 0 N–H and O–H groups in total. The van der Waals surface area contributed by atoms with Crippen molar-refractivity contribution in [1.82, 2.24) is 0 Å². The standard InChI is InChI=1S/C12H8O3S2/c13-16-9-5-1-3-7-11(9)17(14,15)12-8-4-2-6-10(12)16/h1-8H. The van der Waals surface area contributed by atoms with E-state index in [1.54, 1.807) is 36.4 Å². The molecule has 0 unspecified atom stereocenters. The van der Waals surface area contributed by atoms with Crippen LogP contribution in [0, 0.1) is 0 Å². The van der Waals surface area contributed by atoms with Crippen LogP contribution in [0.2, 0.25) is 0 Å². The van der Waals surface area contributed by atoms with E-state index in [4.69, 9.17) is 0 Å². The zero-order valence-electron chi connectivity index (χ0n) is 8.66. The molecule has 1 aliphatic heterocycles. The minimum absolute atomic E-state index is 0.150. The monoisotopic (exact) mass is 264 g/mol. The van der Waals surface area contributed by atoms with Crippen molar-refractivity contribution in [3.63, 3.8) is 0 Å². The average Bonchev–Trinajstić information content (AvgIpc) is 2.37.